The number of ether oxygens (including phenoxy) is 1. The maximum absolute atomic E-state index is 13.3. The number of rotatable bonds is 3. The maximum atomic E-state index is 13.3. The van der Waals surface area contributed by atoms with Crippen molar-refractivity contribution in [3.8, 4) is 17.1 Å². The lowest BCUT2D eigenvalue weighted by molar-refractivity contribution is 0.0731. The number of hydrogen-bond acceptors (Lipinski definition) is 4. The average Bonchev–Trinajstić information content (AvgIpc) is 2.72. The van der Waals surface area contributed by atoms with Gasteiger partial charge in [0.15, 0.2) is 5.76 Å². The zero-order valence-electron chi connectivity index (χ0n) is 16.8. The molecule has 0 saturated heterocycles. The second kappa shape index (κ2) is 7.81. The first kappa shape index (κ1) is 19.9. The smallest absolute Gasteiger partial charge is 0.343 e. The van der Waals surface area contributed by atoms with Crippen molar-refractivity contribution in [3.63, 3.8) is 0 Å². The Labute approximate surface area is 178 Å². The molecule has 0 aliphatic heterocycles. The Morgan fingerprint density at radius 1 is 0.933 bits per heavy atom. The fourth-order valence-corrected chi connectivity index (χ4v) is 3.38. The summed E-state index contributed by atoms with van der Waals surface area (Å²) in [6.07, 6.45) is 0. The van der Waals surface area contributed by atoms with E-state index in [1.54, 1.807) is 24.3 Å². The van der Waals surface area contributed by atoms with E-state index in [4.69, 9.17) is 20.8 Å². The number of carbonyl (C=O) groups is 1. The molecule has 0 amide bonds. The molecule has 0 unspecified atom stereocenters. The molecule has 0 radical (unpaired) electrons. The van der Waals surface area contributed by atoms with Crippen LogP contribution in [-0.4, -0.2) is 5.97 Å². The average molecular weight is 419 g/mol. The number of hydrogen-bond donors (Lipinski definition) is 0. The van der Waals surface area contributed by atoms with Gasteiger partial charge in [-0.05, 0) is 62.2 Å². The van der Waals surface area contributed by atoms with Gasteiger partial charge < -0.3 is 9.15 Å². The van der Waals surface area contributed by atoms with E-state index in [9.17, 15) is 9.59 Å². The van der Waals surface area contributed by atoms with Gasteiger partial charge >= 0.3 is 5.97 Å². The summed E-state index contributed by atoms with van der Waals surface area (Å²) < 4.78 is 11.7. The van der Waals surface area contributed by atoms with Gasteiger partial charge in [0.1, 0.15) is 5.58 Å². The normalized spacial score (nSPS) is 10.9. The Balaban J connectivity index is 1.93. The van der Waals surface area contributed by atoms with Crippen LogP contribution in [0.1, 0.15) is 27.0 Å². The van der Waals surface area contributed by atoms with Crippen LogP contribution in [-0.2, 0) is 0 Å². The zero-order chi connectivity index (χ0) is 21.4. The first-order valence-electron chi connectivity index (χ1n) is 9.46. The molecule has 0 bridgehead atoms. The van der Waals surface area contributed by atoms with Gasteiger partial charge in [-0.1, -0.05) is 47.5 Å². The molecule has 1 heterocycles. The number of aryl methyl sites for hydroxylation is 3. The van der Waals surface area contributed by atoms with Gasteiger partial charge in [0.25, 0.3) is 0 Å². The summed E-state index contributed by atoms with van der Waals surface area (Å²) in [7, 11) is 0. The van der Waals surface area contributed by atoms with Crippen LogP contribution < -0.4 is 10.2 Å². The van der Waals surface area contributed by atoms with Crippen molar-refractivity contribution in [2.24, 2.45) is 0 Å². The van der Waals surface area contributed by atoms with E-state index in [-0.39, 0.29) is 17.1 Å². The third-order valence-corrected chi connectivity index (χ3v) is 5.27. The molecule has 4 aromatic rings. The third kappa shape index (κ3) is 3.74. The first-order chi connectivity index (χ1) is 14.3. The van der Waals surface area contributed by atoms with Crippen LogP contribution in [0.4, 0.5) is 0 Å². The van der Waals surface area contributed by atoms with Gasteiger partial charge in [0.05, 0.1) is 10.9 Å². The number of benzene rings is 3. The SMILES string of the molecule is Cc1ccc(-c2oc3cc(C)c(C)cc3c(=O)c2OC(=O)c2cccc(Cl)c2)cc1. The highest BCUT2D eigenvalue weighted by Gasteiger charge is 2.22. The molecule has 150 valence electrons. The minimum absolute atomic E-state index is 0.139. The number of fused-ring (bicyclic) bond motifs is 1. The largest absolute Gasteiger partial charge is 0.452 e. The molecule has 0 N–H and O–H groups in total. The summed E-state index contributed by atoms with van der Waals surface area (Å²) in [5.41, 5.74) is 3.95. The predicted molar refractivity (Wildman–Crippen MR) is 119 cm³/mol. The molecule has 0 saturated carbocycles. The molecule has 4 nitrogen and oxygen atoms in total. The van der Waals surface area contributed by atoms with E-state index in [2.05, 4.69) is 0 Å². The molecule has 4 rings (SSSR count). The third-order valence-electron chi connectivity index (χ3n) is 5.03. The number of esters is 1. The van der Waals surface area contributed by atoms with Crippen molar-refractivity contribution in [2.45, 2.75) is 20.8 Å². The van der Waals surface area contributed by atoms with E-state index in [0.29, 0.717) is 21.6 Å². The van der Waals surface area contributed by atoms with Crippen LogP contribution >= 0.6 is 11.6 Å². The monoisotopic (exact) mass is 418 g/mol. The molecule has 5 heteroatoms. The lowest BCUT2D eigenvalue weighted by atomic mass is 10.0. The summed E-state index contributed by atoms with van der Waals surface area (Å²) in [4.78, 5) is 26.1. The van der Waals surface area contributed by atoms with E-state index in [1.807, 2.05) is 51.1 Å². The Kier molecular flexibility index (Phi) is 5.18. The van der Waals surface area contributed by atoms with Crippen LogP contribution in [0.3, 0.4) is 0 Å². The summed E-state index contributed by atoms with van der Waals surface area (Å²) >= 11 is 5.99. The van der Waals surface area contributed by atoms with Crippen molar-refractivity contribution in [3.05, 3.63) is 98.2 Å². The molecular formula is C25H19ClO4. The second-order valence-corrected chi connectivity index (χ2v) is 7.72. The van der Waals surface area contributed by atoms with Crippen LogP contribution in [0.15, 0.2) is 69.9 Å². The van der Waals surface area contributed by atoms with Crippen LogP contribution in [0, 0.1) is 20.8 Å². The number of carbonyl (C=O) groups excluding carboxylic acids is 1. The predicted octanol–water partition coefficient (Wildman–Crippen LogP) is 6.26. The molecule has 0 spiro atoms. The Bertz CT molecular complexity index is 1330. The summed E-state index contributed by atoms with van der Waals surface area (Å²) in [6, 6.07) is 17.4. The molecule has 0 aliphatic carbocycles. The van der Waals surface area contributed by atoms with Crippen molar-refractivity contribution in [2.75, 3.05) is 0 Å². The highest BCUT2D eigenvalue weighted by molar-refractivity contribution is 6.30. The van der Waals surface area contributed by atoms with E-state index < -0.39 is 11.4 Å². The van der Waals surface area contributed by atoms with Crippen molar-refractivity contribution >= 4 is 28.5 Å². The molecule has 0 atom stereocenters. The molecular weight excluding hydrogens is 400 g/mol. The topological polar surface area (TPSA) is 56.5 Å². The summed E-state index contributed by atoms with van der Waals surface area (Å²) in [5.74, 6) is -0.605. The molecule has 1 aromatic heterocycles. The highest BCUT2D eigenvalue weighted by atomic mass is 35.5. The van der Waals surface area contributed by atoms with Crippen molar-refractivity contribution in [1.29, 1.82) is 0 Å². The quantitative estimate of drug-likeness (QED) is 0.368. The van der Waals surface area contributed by atoms with Gasteiger partial charge in [-0.2, -0.15) is 0 Å². The van der Waals surface area contributed by atoms with Crippen LogP contribution in [0.5, 0.6) is 5.75 Å². The van der Waals surface area contributed by atoms with E-state index >= 15 is 0 Å². The van der Waals surface area contributed by atoms with Crippen LogP contribution in [0.25, 0.3) is 22.3 Å². The lowest BCUT2D eigenvalue weighted by Gasteiger charge is -2.12. The van der Waals surface area contributed by atoms with Crippen molar-refractivity contribution < 1.29 is 13.9 Å². The number of halogens is 1. The maximum Gasteiger partial charge on any atom is 0.343 e. The second-order valence-electron chi connectivity index (χ2n) is 7.29. The molecule has 30 heavy (non-hydrogen) atoms. The lowest BCUT2D eigenvalue weighted by Crippen LogP contribution is -2.16. The van der Waals surface area contributed by atoms with E-state index in [0.717, 1.165) is 16.7 Å². The molecule has 0 aliphatic rings. The standard InChI is InChI=1S/C25H19ClO4/c1-14-7-9-17(10-8-14)23-24(30-25(28)18-5-4-6-19(26)13-18)22(27)20-11-15(2)16(3)12-21(20)29-23/h4-13H,1-3H3. The molecule has 0 fully saturated rings. The minimum Gasteiger partial charge on any atom is -0.452 e. The van der Waals surface area contributed by atoms with Gasteiger partial charge in [-0.15, -0.1) is 0 Å². The summed E-state index contributed by atoms with van der Waals surface area (Å²) in [6.45, 7) is 5.83. The highest BCUT2D eigenvalue weighted by Crippen LogP contribution is 2.32. The van der Waals surface area contributed by atoms with Gasteiger partial charge in [-0.3, -0.25) is 4.79 Å². The Hall–Kier alpha value is -3.37. The minimum atomic E-state index is -0.679. The Morgan fingerprint density at radius 3 is 2.33 bits per heavy atom. The van der Waals surface area contributed by atoms with Crippen molar-refractivity contribution in [1.82, 2.24) is 0 Å². The molecule has 3 aromatic carbocycles. The zero-order valence-corrected chi connectivity index (χ0v) is 17.5. The van der Waals surface area contributed by atoms with Gasteiger partial charge in [-0.25, -0.2) is 4.79 Å². The summed E-state index contributed by atoms with van der Waals surface area (Å²) in [5, 5.41) is 0.766. The fourth-order valence-electron chi connectivity index (χ4n) is 3.19. The Morgan fingerprint density at radius 2 is 1.63 bits per heavy atom. The van der Waals surface area contributed by atoms with E-state index in [1.165, 1.54) is 6.07 Å². The fraction of sp³-hybridized carbons (Fsp3) is 0.120. The van der Waals surface area contributed by atoms with Gasteiger partial charge in [0, 0.05) is 10.6 Å². The first-order valence-corrected chi connectivity index (χ1v) is 9.84. The van der Waals surface area contributed by atoms with Crippen LogP contribution in [0.2, 0.25) is 5.02 Å². The van der Waals surface area contributed by atoms with Gasteiger partial charge in [0.2, 0.25) is 11.2 Å².